The van der Waals surface area contributed by atoms with Gasteiger partial charge in [0.2, 0.25) is 0 Å². The van der Waals surface area contributed by atoms with Gasteiger partial charge in [-0.2, -0.15) is 0 Å². The number of hydrogen-bond donors (Lipinski definition) is 0. The lowest BCUT2D eigenvalue weighted by molar-refractivity contribution is 0.415. The summed E-state index contributed by atoms with van der Waals surface area (Å²) in [5.41, 5.74) is 3.87. The first-order chi connectivity index (χ1) is 8.40. The summed E-state index contributed by atoms with van der Waals surface area (Å²) in [5, 5.41) is 0. The van der Waals surface area contributed by atoms with Gasteiger partial charge < -0.3 is 9.64 Å². The topological polar surface area (TPSA) is 12.5 Å². The van der Waals surface area contributed by atoms with Crippen LogP contribution in [0.3, 0.4) is 0 Å². The largest absolute Gasteiger partial charge is 0.495 e. The lowest BCUT2D eigenvalue weighted by atomic mass is 10.2. The van der Waals surface area contributed by atoms with Crippen LogP contribution in [0.5, 0.6) is 5.75 Å². The van der Waals surface area contributed by atoms with Gasteiger partial charge in [-0.25, -0.2) is 0 Å². The van der Waals surface area contributed by atoms with Crippen LogP contribution >= 0.6 is 0 Å². The fourth-order valence-electron chi connectivity index (χ4n) is 2.44. The molecule has 0 radical (unpaired) electrons. The molecule has 1 aliphatic heterocycles. The van der Waals surface area contributed by atoms with Crippen molar-refractivity contribution in [3.8, 4) is 5.75 Å². The Morgan fingerprint density at radius 1 is 0.941 bits per heavy atom. The third kappa shape index (κ3) is 1.66. The Bertz CT molecular complexity index is 536. The molecule has 0 bridgehead atoms. The second-order valence-corrected chi connectivity index (χ2v) is 4.20. The highest BCUT2D eigenvalue weighted by atomic mass is 16.5. The van der Waals surface area contributed by atoms with Crippen LogP contribution in [0.2, 0.25) is 0 Å². The van der Waals surface area contributed by atoms with Crippen molar-refractivity contribution in [3.63, 3.8) is 0 Å². The van der Waals surface area contributed by atoms with E-state index in [0.29, 0.717) is 0 Å². The standard InChI is InChI=1S/C15H15NO/c1-17-15-9-5-4-8-14(15)16-11-10-12-6-2-3-7-13(12)16/h2-9H,10-11H2,1H3. The lowest BCUT2D eigenvalue weighted by Gasteiger charge is -2.21. The zero-order valence-electron chi connectivity index (χ0n) is 9.89. The van der Waals surface area contributed by atoms with Crippen molar-refractivity contribution < 1.29 is 4.74 Å². The van der Waals surface area contributed by atoms with Crippen LogP contribution in [0.25, 0.3) is 0 Å². The second-order valence-electron chi connectivity index (χ2n) is 4.20. The highest BCUT2D eigenvalue weighted by Crippen LogP contribution is 2.38. The van der Waals surface area contributed by atoms with E-state index in [2.05, 4.69) is 41.3 Å². The predicted octanol–water partition coefficient (Wildman–Crippen LogP) is 3.39. The third-order valence-corrected chi connectivity index (χ3v) is 3.26. The van der Waals surface area contributed by atoms with E-state index in [0.717, 1.165) is 24.4 Å². The molecule has 0 amide bonds. The summed E-state index contributed by atoms with van der Waals surface area (Å²) in [6.07, 6.45) is 1.11. The lowest BCUT2D eigenvalue weighted by Crippen LogP contribution is -2.14. The molecule has 0 spiro atoms. The quantitative estimate of drug-likeness (QED) is 0.776. The van der Waals surface area contributed by atoms with Crippen molar-refractivity contribution in [1.82, 2.24) is 0 Å². The molecule has 0 atom stereocenters. The first-order valence-electron chi connectivity index (χ1n) is 5.88. The van der Waals surface area contributed by atoms with Crippen molar-refractivity contribution in [1.29, 1.82) is 0 Å². The molecule has 1 heterocycles. The van der Waals surface area contributed by atoms with Crippen molar-refractivity contribution in [2.24, 2.45) is 0 Å². The number of para-hydroxylation sites is 3. The molecule has 2 aromatic rings. The highest BCUT2D eigenvalue weighted by Gasteiger charge is 2.21. The summed E-state index contributed by atoms with van der Waals surface area (Å²) < 4.78 is 5.43. The first-order valence-corrected chi connectivity index (χ1v) is 5.88. The molecule has 0 fully saturated rings. The predicted molar refractivity (Wildman–Crippen MR) is 70.1 cm³/mol. The number of methoxy groups -OCH3 is 1. The van der Waals surface area contributed by atoms with Gasteiger partial charge in [-0.15, -0.1) is 0 Å². The number of hydrogen-bond acceptors (Lipinski definition) is 2. The number of anilines is 2. The van der Waals surface area contributed by atoms with Gasteiger partial charge in [0.15, 0.2) is 0 Å². The van der Waals surface area contributed by atoms with Crippen molar-refractivity contribution in [2.75, 3.05) is 18.6 Å². The summed E-state index contributed by atoms with van der Waals surface area (Å²) in [7, 11) is 1.72. The monoisotopic (exact) mass is 225 g/mol. The number of nitrogens with zero attached hydrogens (tertiary/aromatic N) is 1. The van der Waals surface area contributed by atoms with E-state index < -0.39 is 0 Å². The maximum Gasteiger partial charge on any atom is 0.142 e. The van der Waals surface area contributed by atoms with Crippen LogP contribution in [-0.4, -0.2) is 13.7 Å². The average molecular weight is 225 g/mol. The summed E-state index contributed by atoms with van der Waals surface area (Å²) in [6.45, 7) is 1.03. The molecule has 0 saturated heterocycles. The van der Waals surface area contributed by atoms with Crippen LogP contribution < -0.4 is 9.64 Å². The Morgan fingerprint density at radius 3 is 2.47 bits per heavy atom. The average Bonchev–Trinajstić information content (AvgIpc) is 2.82. The van der Waals surface area contributed by atoms with Crippen LogP contribution in [0.15, 0.2) is 48.5 Å². The maximum atomic E-state index is 5.43. The molecular weight excluding hydrogens is 210 g/mol. The number of ether oxygens (including phenoxy) is 1. The molecule has 17 heavy (non-hydrogen) atoms. The molecule has 3 rings (SSSR count). The van der Waals surface area contributed by atoms with Gasteiger partial charge in [-0.1, -0.05) is 30.3 Å². The SMILES string of the molecule is COc1ccccc1N1CCc2ccccc21. The minimum atomic E-state index is 0.934. The number of benzene rings is 2. The highest BCUT2D eigenvalue weighted by molar-refractivity contribution is 5.73. The molecule has 2 heteroatoms. The van der Waals surface area contributed by atoms with Gasteiger partial charge in [0, 0.05) is 12.2 Å². The first kappa shape index (κ1) is 10.2. The Morgan fingerprint density at radius 2 is 1.65 bits per heavy atom. The molecule has 2 nitrogen and oxygen atoms in total. The van der Waals surface area contributed by atoms with Gasteiger partial charge in [-0.3, -0.25) is 0 Å². The zero-order chi connectivity index (χ0) is 11.7. The van der Waals surface area contributed by atoms with Crippen LogP contribution in [0.4, 0.5) is 11.4 Å². The molecule has 0 N–H and O–H groups in total. The van der Waals surface area contributed by atoms with Crippen molar-refractivity contribution in [3.05, 3.63) is 54.1 Å². The van der Waals surface area contributed by atoms with E-state index in [1.54, 1.807) is 7.11 Å². The van der Waals surface area contributed by atoms with Crippen LogP contribution in [0, 0.1) is 0 Å². The summed E-state index contributed by atoms with van der Waals surface area (Å²) >= 11 is 0. The van der Waals surface area contributed by atoms with Gasteiger partial charge >= 0.3 is 0 Å². The molecule has 86 valence electrons. The normalized spacial score (nSPS) is 13.6. The van der Waals surface area contributed by atoms with Gasteiger partial charge in [-0.05, 0) is 30.2 Å². The Hall–Kier alpha value is -1.96. The molecule has 1 aliphatic rings. The zero-order valence-corrected chi connectivity index (χ0v) is 9.89. The molecule has 2 aromatic carbocycles. The van der Waals surface area contributed by atoms with E-state index >= 15 is 0 Å². The smallest absolute Gasteiger partial charge is 0.142 e. The summed E-state index contributed by atoms with van der Waals surface area (Å²) in [4.78, 5) is 2.33. The summed E-state index contributed by atoms with van der Waals surface area (Å²) in [5.74, 6) is 0.934. The van der Waals surface area contributed by atoms with E-state index in [1.165, 1.54) is 11.3 Å². The Balaban J connectivity index is 2.07. The van der Waals surface area contributed by atoms with E-state index in [9.17, 15) is 0 Å². The molecule has 0 saturated carbocycles. The van der Waals surface area contributed by atoms with Crippen molar-refractivity contribution in [2.45, 2.75) is 6.42 Å². The molecule has 0 aromatic heterocycles. The van der Waals surface area contributed by atoms with Gasteiger partial charge in [0.25, 0.3) is 0 Å². The Labute approximate surface area is 101 Å². The number of rotatable bonds is 2. The van der Waals surface area contributed by atoms with E-state index in [-0.39, 0.29) is 0 Å². The number of fused-ring (bicyclic) bond motifs is 1. The van der Waals surface area contributed by atoms with Crippen molar-refractivity contribution >= 4 is 11.4 Å². The fraction of sp³-hybridized carbons (Fsp3) is 0.200. The Kier molecular flexibility index (Phi) is 2.48. The summed E-state index contributed by atoms with van der Waals surface area (Å²) in [6, 6.07) is 16.7. The van der Waals surface area contributed by atoms with Gasteiger partial charge in [0.05, 0.1) is 12.8 Å². The second kappa shape index (κ2) is 4.13. The van der Waals surface area contributed by atoms with E-state index in [4.69, 9.17) is 4.74 Å². The van der Waals surface area contributed by atoms with E-state index in [1.807, 2.05) is 12.1 Å². The minimum Gasteiger partial charge on any atom is -0.495 e. The third-order valence-electron chi connectivity index (χ3n) is 3.26. The van der Waals surface area contributed by atoms with Crippen LogP contribution in [0.1, 0.15) is 5.56 Å². The molecular formula is C15H15NO. The van der Waals surface area contributed by atoms with Crippen LogP contribution in [-0.2, 0) is 6.42 Å². The molecule has 0 aliphatic carbocycles. The van der Waals surface area contributed by atoms with Gasteiger partial charge in [0.1, 0.15) is 5.75 Å². The maximum absolute atomic E-state index is 5.43. The minimum absolute atomic E-state index is 0.934. The fourth-order valence-corrected chi connectivity index (χ4v) is 2.44. The molecule has 0 unspecified atom stereocenters.